The van der Waals surface area contributed by atoms with Gasteiger partial charge in [0.2, 0.25) is 11.1 Å². The highest BCUT2D eigenvalue weighted by Gasteiger charge is 2.09. The molecule has 0 unspecified atom stereocenters. The molecule has 0 aliphatic heterocycles. The Morgan fingerprint density at radius 1 is 1.35 bits per heavy atom. The molecule has 124 valence electrons. The summed E-state index contributed by atoms with van der Waals surface area (Å²) >= 11 is 1.32. The molecule has 0 bridgehead atoms. The van der Waals surface area contributed by atoms with Crippen LogP contribution in [0.2, 0.25) is 0 Å². The summed E-state index contributed by atoms with van der Waals surface area (Å²) in [5.74, 6) is 2.38. The third-order valence-electron chi connectivity index (χ3n) is 3.20. The fourth-order valence-corrected chi connectivity index (χ4v) is 2.50. The average Bonchev–Trinajstić information content (AvgIpc) is 3.01. The molecule has 6 nitrogen and oxygen atoms in total. The first-order chi connectivity index (χ1) is 11.1. The van der Waals surface area contributed by atoms with Gasteiger partial charge in [0.1, 0.15) is 5.75 Å². The highest BCUT2D eigenvalue weighted by molar-refractivity contribution is 7.99. The monoisotopic (exact) mass is 334 g/mol. The molecule has 7 heteroatoms. The molecule has 0 aliphatic rings. The van der Waals surface area contributed by atoms with E-state index in [-0.39, 0.29) is 5.91 Å². The number of rotatable bonds is 8. The minimum atomic E-state index is 0.00597. The molecule has 1 aromatic carbocycles. The van der Waals surface area contributed by atoms with E-state index in [9.17, 15) is 4.79 Å². The van der Waals surface area contributed by atoms with Crippen LogP contribution in [0.25, 0.3) is 11.4 Å². The maximum atomic E-state index is 11.7. The number of hydrogen-bond donors (Lipinski definition) is 2. The number of benzene rings is 1. The summed E-state index contributed by atoms with van der Waals surface area (Å²) in [7, 11) is 1.63. The highest BCUT2D eigenvalue weighted by Crippen LogP contribution is 2.21. The third kappa shape index (κ3) is 5.59. The van der Waals surface area contributed by atoms with E-state index in [2.05, 4.69) is 34.3 Å². The second-order valence-corrected chi connectivity index (χ2v) is 6.46. The van der Waals surface area contributed by atoms with E-state index in [0.717, 1.165) is 17.7 Å². The van der Waals surface area contributed by atoms with Crippen LogP contribution in [0.5, 0.6) is 5.75 Å². The van der Waals surface area contributed by atoms with E-state index in [4.69, 9.17) is 4.74 Å². The van der Waals surface area contributed by atoms with Gasteiger partial charge in [-0.05, 0) is 36.6 Å². The molecule has 1 heterocycles. The molecular formula is C16H22N4O2S. The van der Waals surface area contributed by atoms with Crippen LogP contribution < -0.4 is 10.1 Å². The summed E-state index contributed by atoms with van der Waals surface area (Å²) < 4.78 is 5.13. The van der Waals surface area contributed by atoms with Crippen molar-refractivity contribution < 1.29 is 9.53 Å². The van der Waals surface area contributed by atoms with Crippen molar-refractivity contribution >= 4 is 17.7 Å². The molecule has 1 aromatic heterocycles. The molecule has 0 radical (unpaired) electrons. The van der Waals surface area contributed by atoms with E-state index >= 15 is 0 Å². The molecule has 23 heavy (non-hydrogen) atoms. The zero-order chi connectivity index (χ0) is 16.7. The van der Waals surface area contributed by atoms with Gasteiger partial charge >= 0.3 is 0 Å². The minimum absolute atomic E-state index is 0.00597. The fraction of sp³-hybridized carbons (Fsp3) is 0.438. The number of thioether (sulfide) groups is 1. The number of ether oxygens (including phenoxy) is 1. The smallest absolute Gasteiger partial charge is 0.230 e. The first-order valence-electron chi connectivity index (χ1n) is 7.55. The average molecular weight is 334 g/mol. The first-order valence-corrected chi connectivity index (χ1v) is 8.53. The van der Waals surface area contributed by atoms with Gasteiger partial charge in [0.25, 0.3) is 0 Å². The van der Waals surface area contributed by atoms with Gasteiger partial charge in [-0.15, -0.1) is 5.10 Å². The van der Waals surface area contributed by atoms with Crippen LogP contribution in [0.4, 0.5) is 0 Å². The molecule has 0 spiro atoms. The van der Waals surface area contributed by atoms with Crippen LogP contribution >= 0.6 is 11.8 Å². The Labute approximate surface area is 140 Å². The molecule has 0 saturated carbocycles. The van der Waals surface area contributed by atoms with Crippen molar-refractivity contribution in [3.63, 3.8) is 0 Å². The zero-order valence-electron chi connectivity index (χ0n) is 13.6. The lowest BCUT2D eigenvalue weighted by atomic mass is 10.1. The fourth-order valence-electron chi connectivity index (χ4n) is 1.87. The van der Waals surface area contributed by atoms with Crippen molar-refractivity contribution in [3.05, 3.63) is 24.3 Å². The van der Waals surface area contributed by atoms with Crippen LogP contribution in [0.15, 0.2) is 29.4 Å². The normalized spacial score (nSPS) is 10.8. The highest BCUT2D eigenvalue weighted by atomic mass is 32.2. The largest absolute Gasteiger partial charge is 0.497 e. The summed E-state index contributed by atoms with van der Waals surface area (Å²) in [5, 5.41) is 10.5. The van der Waals surface area contributed by atoms with Crippen LogP contribution in [-0.4, -0.2) is 40.5 Å². The first kappa shape index (κ1) is 17.3. The molecule has 2 rings (SSSR count). The third-order valence-corrected chi connectivity index (χ3v) is 4.05. The number of H-pyrrole nitrogens is 1. The van der Waals surface area contributed by atoms with Gasteiger partial charge in [-0.25, -0.2) is 4.98 Å². The SMILES string of the molecule is COc1ccc(-c2nc(SCC(=O)NCCC(C)C)n[nH]2)cc1. The Morgan fingerprint density at radius 3 is 2.74 bits per heavy atom. The predicted molar refractivity (Wildman–Crippen MR) is 91.6 cm³/mol. The van der Waals surface area contributed by atoms with Crippen molar-refractivity contribution in [1.82, 2.24) is 20.5 Å². The van der Waals surface area contributed by atoms with Gasteiger partial charge in [0, 0.05) is 12.1 Å². The van der Waals surface area contributed by atoms with Crippen molar-refractivity contribution in [2.24, 2.45) is 5.92 Å². The number of aromatic amines is 1. The summed E-state index contributed by atoms with van der Waals surface area (Å²) in [5.41, 5.74) is 0.923. The molecular weight excluding hydrogens is 312 g/mol. The van der Waals surface area contributed by atoms with Crippen LogP contribution in [0.1, 0.15) is 20.3 Å². The van der Waals surface area contributed by atoms with E-state index in [1.54, 1.807) is 7.11 Å². The minimum Gasteiger partial charge on any atom is -0.497 e. The Kier molecular flexibility index (Phi) is 6.46. The lowest BCUT2D eigenvalue weighted by molar-refractivity contribution is -0.118. The molecule has 2 aromatic rings. The number of carbonyl (C=O) groups is 1. The van der Waals surface area contributed by atoms with Crippen molar-refractivity contribution in [2.75, 3.05) is 19.4 Å². The summed E-state index contributed by atoms with van der Waals surface area (Å²) in [6.45, 7) is 4.98. The topological polar surface area (TPSA) is 79.9 Å². The van der Waals surface area contributed by atoms with E-state index in [1.807, 2.05) is 24.3 Å². The maximum absolute atomic E-state index is 11.7. The molecule has 0 fully saturated rings. The van der Waals surface area contributed by atoms with Gasteiger partial charge < -0.3 is 10.1 Å². The van der Waals surface area contributed by atoms with Gasteiger partial charge in [-0.3, -0.25) is 9.89 Å². The molecule has 0 atom stereocenters. The molecule has 0 aliphatic carbocycles. The summed E-state index contributed by atoms with van der Waals surface area (Å²) in [4.78, 5) is 16.1. The van der Waals surface area contributed by atoms with E-state index < -0.39 is 0 Å². The Balaban J connectivity index is 1.83. The maximum Gasteiger partial charge on any atom is 0.230 e. The molecule has 0 saturated heterocycles. The Hall–Kier alpha value is -2.02. The van der Waals surface area contributed by atoms with Gasteiger partial charge in [-0.1, -0.05) is 25.6 Å². The standard InChI is InChI=1S/C16H22N4O2S/c1-11(2)8-9-17-14(21)10-23-16-18-15(19-20-16)12-4-6-13(22-3)7-5-12/h4-7,11H,8-10H2,1-3H3,(H,17,21)(H,18,19,20). The van der Waals surface area contributed by atoms with Crippen LogP contribution in [-0.2, 0) is 4.79 Å². The number of hydrogen-bond acceptors (Lipinski definition) is 5. The van der Waals surface area contributed by atoms with Crippen molar-refractivity contribution in [1.29, 1.82) is 0 Å². The quantitative estimate of drug-likeness (QED) is 0.726. The van der Waals surface area contributed by atoms with E-state index in [1.165, 1.54) is 11.8 Å². The molecule has 1 amide bonds. The number of nitrogens with one attached hydrogen (secondary N) is 2. The van der Waals surface area contributed by atoms with Crippen LogP contribution in [0.3, 0.4) is 0 Å². The van der Waals surface area contributed by atoms with Crippen LogP contribution in [0, 0.1) is 5.92 Å². The zero-order valence-corrected chi connectivity index (χ0v) is 14.4. The van der Waals surface area contributed by atoms with Gasteiger partial charge in [0.15, 0.2) is 5.82 Å². The van der Waals surface area contributed by atoms with Crippen molar-refractivity contribution in [2.45, 2.75) is 25.4 Å². The summed E-state index contributed by atoms with van der Waals surface area (Å²) in [6, 6.07) is 7.55. The number of amides is 1. The van der Waals surface area contributed by atoms with Crippen molar-refractivity contribution in [3.8, 4) is 17.1 Å². The summed E-state index contributed by atoms with van der Waals surface area (Å²) in [6.07, 6.45) is 0.985. The van der Waals surface area contributed by atoms with Gasteiger partial charge in [0.05, 0.1) is 12.9 Å². The predicted octanol–water partition coefficient (Wildman–Crippen LogP) is 2.73. The second kappa shape index (κ2) is 8.57. The number of carbonyl (C=O) groups excluding carboxylic acids is 1. The number of nitrogens with zero attached hydrogens (tertiary/aromatic N) is 2. The van der Waals surface area contributed by atoms with Gasteiger partial charge in [-0.2, -0.15) is 0 Å². The van der Waals surface area contributed by atoms with E-state index in [0.29, 0.717) is 29.2 Å². The number of aromatic nitrogens is 3. The Bertz CT molecular complexity index is 625. The Morgan fingerprint density at radius 2 is 2.09 bits per heavy atom. The number of methoxy groups -OCH3 is 1. The lowest BCUT2D eigenvalue weighted by Crippen LogP contribution is -2.26. The molecule has 2 N–H and O–H groups in total. The lowest BCUT2D eigenvalue weighted by Gasteiger charge is -2.05. The second-order valence-electron chi connectivity index (χ2n) is 5.52.